The molecule has 0 radical (unpaired) electrons. The highest BCUT2D eigenvalue weighted by Gasteiger charge is 2.09. The Hall–Kier alpha value is -1.58. The number of carbonyl (C=O) groups excluding carboxylic acids is 1. The first kappa shape index (κ1) is 13.5. The first-order valence-corrected chi connectivity index (χ1v) is 5.19. The Bertz CT molecular complexity index is 528. The zero-order valence-corrected chi connectivity index (χ0v) is 10.1. The van der Waals surface area contributed by atoms with Crippen molar-refractivity contribution >= 4 is 29.1 Å². The molecular formula is C13H15ClN2O. The summed E-state index contributed by atoms with van der Waals surface area (Å²) in [5.74, 6) is -0.465. The molecule has 0 aliphatic carbocycles. The highest BCUT2D eigenvalue weighted by molar-refractivity contribution is 5.85. The highest BCUT2D eigenvalue weighted by Crippen LogP contribution is 2.16. The Labute approximate surface area is 106 Å². The molecule has 0 saturated carbocycles. The Morgan fingerprint density at radius 1 is 1.12 bits per heavy atom. The SMILES string of the molecule is Cl.NC(=O)[C@@H](N)Cc1ccc2ccccc2c1. The normalized spacial score (nSPS) is 11.8. The van der Waals surface area contributed by atoms with Crippen LogP contribution in [0, 0.1) is 0 Å². The molecule has 0 bridgehead atoms. The monoisotopic (exact) mass is 250 g/mol. The molecule has 0 spiro atoms. The largest absolute Gasteiger partial charge is 0.368 e. The van der Waals surface area contributed by atoms with Gasteiger partial charge in [0.1, 0.15) is 0 Å². The minimum atomic E-state index is -0.610. The third-order valence-corrected chi connectivity index (χ3v) is 2.63. The molecule has 17 heavy (non-hydrogen) atoms. The number of hydrogen-bond acceptors (Lipinski definition) is 2. The number of hydrogen-bond donors (Lipinski definition) is 2. The van der Waals surface area contributed by atoms with Gasteiger partial charge in [0.2, 0.25) is 5.91 Å². The summed E-state index contributed by atoms with van der Waals surface area (Å²) in [7, 11) is 0. The van der Waals surface area contributed by atoms with Gasteiger partial charge in [-0.25, -0.2) is 0 Å². The lowest BCUT2D eigenvalue weighted by Gasteiger charge is -2.08. The summed E-state index contributed by atoms with van der Waals surface area (Å²) in [5, 5.41) is 2.33. The molecule has 3 nitrogen and oxygen atoms in total. The van der Waals surface area contributed by atoms with Crippen LogP contribution in [0.25, 0.3) is 10.8 Å². The van der Waals surface area contributed by atoms with Gasteiger partial charge >= 0.3 is 0 Å². The van der Waals surface area contributed by atoms with Crippen LogP contribution in [0.4, 0.5) is 0 Å². The maximum atomic E-state index is 10.9. The van der Waals surface area contributed by atoms with Crippen LogP contribution < -0.4 is 11.5 Å². The van der Waals surface area contributed by atoms with E-state index >= 15 is 0 Å². The van der Waals surface area contributed by atoms with Crippen LogP contribution in [0.2, 0.25) is 0 Å². The van der Waals surface area contributed by atoms with E-state index in [2.05, 4.69) is 0 Å². The zero-order chi connectivity index (χ0) is 11.5. The fourth-order valence-corrected chi connectivity index (χ4v) is 1.72. The summed E-state index contributed by atoms with van der Waals surface area (Å²) in [6.07, 6.45) is 0.486. The van der Waals surface area contributed by atoms with Crippen molar-refractivity contribution in [2.24, 2.45) is 11.5 Å². The molecule has 0 heterocycles. The second-order valence-electron chi connectivity index (χ2n) is 3.89. The molecule has 1 atom stereocenters. The fraction of sp³-hybridized carbons (Fsp3) is 0.154. The molecule has 0 aromatic heterocycles. The minimum Gasteiger partial charge on any atom is -0.368 e. The van der Waals surface area contributed by atoms with E-state index in [4.69, 9.17) is 11.5 Å². The number of amides is 1. The van der Waals surface area contributed by atoms with E-state index in [9.17, 15) is 4.79 Å². The van der Waals surface area contributed by atoms with E-state index in [1.165, 1.54) is 5.39 Å². The molecule has 2 rings (SSSR count). The van der Waals surface area contributed by atoms with Crippen LogP contribution in [-0.4, -0.2) is 11.9 Å². The predicted octanol–water partition coefficient (Wildman–Crippen LogP) is 1.62. The number of nitrogens with two attached hydrogens (primary N) is 2. The first-order valence-electron chi connectivity index (χ1n) is 5.19. The van der Waals surface area contributed by atoms with Gasteiger partial charge in [-0.1, -0.05) is 42.5 Å². The Morgan fingerprint density at radius 3 is 2.41 bits per heavy atom. The van der Waals surface area contributed by atoms with E-state index in [-0.39, 0.29) is 12.4 Å². The summed E-state index contributed by atoms with van der Waals surface area (Å²) in [4.78, 5) is 10.9. The molecule has 0 unspecified atom stereocenters. The van der Waals surface area contributed by atoms with Crippen molar-refractivity contribution in [1.29, 1.82) is 0 Å². The molecule has 2 aromatic carbocycles. The Balaban J connectivity index is 0.00000144. The van der Waals surface area contributed by atoms with Gasteiger partial charge in [-0.15, -0.1) is 12.4 Å². The average molecular weight is 251 g/mol. The van der Waals surface area contributed by atoms with Crippen LogP contribution in [0.1, 0.15) is 5.56 Å². The van der Waals surface area contributed by atoms with Gasteiger partial charge in [-0.3, -0.25) is 4.79 Å². The van der Waals surface area contributed by atoms with Crippen molar-refractivity contribution in [2.45, 2.75) is 12.5 Å². The van der Waals surface area contributed by atoms with Gasteiger partial charge in [-0.2, -0.15) is 0 Å². The molecular weight excluding hydrogens is 236 g/mol. The molecule has 4 N–H and O–H groups in total. The molecule has 1 amide bonds. The van der Waals surface area contributed by atoms with Gasteiger partial charge < -0.3 is 11.5 Å². The second-order valence-corrected chi connectivity index (χ2v) is 3.89. The summed E-state index contributed by atoms with van der Waals surface area (Å²) >= 11 is 0. The number of halogens is 1. The second kappa shape index (κ2) is 5.66. The van der Waals surface area contributed by atoms with Gasteiger partial charge in [0.25, 0.3) is 0 Å². The number of primary amides is 1. The topological polar surface area (TPSA) is 69.1 Å². The standard InChI is InChI=1S/C13H14N2O.ClH/c14-12(13(15)16)8-9-5-6-10-3-1-2-4-11(10)7-9;/h1-7,12H,8,14H2,(H2,15,16);1H/t12-;/m0./s1. The molecule has 2 aromatic rings. The van der Waals surface area contributed by atoms with Crippen LogP contribution in [0.3, 0.4) is 0 Å². The lowest BCUT2D eigenvalue weighted by Crippen LogP contribution is -2.38. The maximum Gasteiger partial charge on any atom is 0.234 e. The number of carbonyl (C=O) groups is 1. The third kappa shape index (κ3) is 3.19. The quantitative estimate of drug-likeness (QED) is 0.869. The van der Waals surface area contributed by atoms with E-state index in [1.54, 1.807) is 0 Å². The Kier molecular flexibility index (Phi) is 4.49. The van der Waals surface area contributed by atoms with Crippen LogP contribution in [0.5, 0.6) is 0 Å². The number of fused-ring (bicyclic) bond motifs is 1. The molecule has 0 aliphatic rings. The minimum absolute atomic E-state index is 0. The van der Waals surface area contributed by atoms with E-state index in [1.807, 2.05) is 42.5 Å². The van der Waals surface area contributed by atoms with Gasteiger partial charge in [0.05, 0.1) is 6.04 Å². The van der Waals surface area contributed by atoms with Crippen molar-refractivity contribution in [3.8, 4) is 0 Å². The predicted molar refractivity (Wildman–Crippen MR) is 72.1 cm³/mol. The van der Waals surface area contributed by atoms with Gasteiger partial charge in [-0.05, 0) is 22.8 Å². The number of benzene rings is 2. The fourth-order valence-electron chi connectivity index (χ4n) is 1.72. The van der Waals surface area contributed by atoms with Crippen molar-refractivity contribution in [1.82, 2.24) is 0 Å². The third-order valence-electron chi connectivity index (χ3n) is 2.63. The molecule has 4 heteroatoms. The van der Waals surface area contributed by atoms with Gasteiger partial charge in [0.15, 0.2) is 0 Å². The number of rotatable bonds is 3. The molecule has 0 saturated heterocycles. The van der Waals surface area contributed by atoms with Crippen molar-refractivity contribution in [3.63, 3.8) is 0 Å². The maximum absolute atomic E-state index is 10.9. The lowest BCUT2D eigenvalue weighted by atomic mass is 10.0. The van der Waals surface area contributed by atoms with Gasteiger partial charge in [0, 0.05) is 0 Å². The van der Waals surface area contributed by atoms with E-state index in [0.717, 1.165) is 10.9 Å². The summed E-state index contributed by atoms with van der Waals surface area (Å²) < 4.78 is 0. The van der Waals surface area contributed by atoms with Crippen LogP contribution >= 0.6 is 12.4 Å². The molecule has 0 fully saturated rings. The summed E-state index contributed by atoms with van der Waals surface area (Å²) in [6, 6.07) is 13.5. The molecule has 0 aliphatic heterocycles. The highest BCUT2D eigenvalue weighted by atomic mass is 35.5. The average Bonchev–Trinajstić information content (AvgIpc) is 2.28. The smallest absolute Gasteiger partial charge is 0.234 e. The van der Waals surface area contributed by atoms with Crippen molar-refractivity contribution in [3.05, 3.63) is 48.0 Å². The van der Waals surface area contributed by atoms with E-state index in [0.29, 0.717) is 6.42 Å². The summed E-state index contributed by atoms with van der Waals surface area (Å²) in [6.45, 7) is 0. The van der Waals surface area contributed by atoms with Crippen LogP contribution in [0.15, 0.2) is 42.5 Å². The lowest BCUT2D eigenvalue weighted by molar-refractivity contribution is -0.119. The van der Waals surface area contributed by atoms with Crippen molar-refractivity contribution < 1.29 is 4.79 Å². The summed E-state index contributed by atoms with van der Waals surface area (Å²) in [5.41, 5.74) is 11.8. The zero-order valence-electron chi connectivity index (χ0n) is 9.30. The molecule has 90 valence electrons. The van der Waals surface area contributed by atoms with Crippen LogP contribution in [-0.2, 0) is 11.2 Å². The first-order chi connectivity index (χ1) is 7.66. The Morgan fingerprint density at radius 2 is 1.76 bits per heavy atom. The van der Waals surface area contributed by atoms with Crippen molar-refractivity contribution in [2.75, 3.05) is 0 Å². The van der Waals surface area contributed by atoms with E-state index < -0.39 is 11.9 Å².